The van der Waals surface area contributed by atoms with Gasteiger partial charge in [0.15, 0.2) is 0 Å². The highest BCUT2D eigenvalue weighted by atomic mass is 35.5. The maximum Gasteiger partial charge on any atom is 0.317 e. The first kappa shape index (κ1) is 17.1. The Balaban J connectivity index is 1.82. The Morgan fingerprint density at radius 1 is 1.13 bits per heavy atom. The summed E-state index contributed by atoms with van der Waals surface area (Å²) >= 11 is 5.89. The van der Waals surface area contributed by atoms with Crippen molar-refractivity contribution in [2.75, 3.05) is 32.7 Å². The summed E-state index contributed by atoms with van der Waals surface area (Å²) in [6.07, 6.45) is -0.112. The van der Waals surface area contributed by atoms with Gasteiger partial charge in [-0.15, -0.1) is 0 Å². The van der Waals surface area contributed by atoms with E-state index in [0.29, 0.717) is 36.8 Å². The van der Waals surface area contributed by atoms with Crippen molar-refractivity contribution in [3.63, 3.8) is 0 Å². The van der Waals surface area contributed by atoms with Crippen molar-refractivity contribution >= 4 is 29.5 Å². The molecule has 0 atom stereocenters. The van der Waals surface area contributed by atoms with Gasteiger partial charge in [0.05, 0.1) is 6.42 Å². The van der Waals surface area contributed by atoms with Crippen LogP contribution in [0.3, 0.4) is 0 Å². The van der Waals surface area contributed by atoms with Gasteiger partial charge in [0, 0.05) is 43.3 Å². The minimum atomic E-state index is -0.956. The molecule has 1 aromatic carbocycles. The molecule has 23 heavy (non-hydrogen) atoms. The Labute approximate surface area is 138 Å². The number of nitrogens with one attached hydrogen (secondary N) is 1. The molecule has 0 bridgehead atoms. The van der Waals surface area contributed by atoms with Crippen LogP contribution in [0.1, 0.15) is 16.8 Å². The minimum Gasteiger partial charge on any atom is -0.481 e. The molecule has 0 radical (unpaired) electrons. The third-order valence-corrected chi connectivity index (χ3v) is 3.78. The smallest absolute Gasteiger partial charge is 0.317 e. The van der Waals surface area contributed by atoms with E-state index in [1.165, 1.54) is 0 Å². The van der Waals surface area contributed by atoms with Gasteiger partial charge in [-0.25, -0.2) is 4.79 Å². The molecule has 0 saturated carbocycles. The number of carboxylic acids is 1. The second-order valence-corrected chi connectivity index (χ2v) is 5.60. The maximum atomic E-state index is 12.4. The van der Waals surface area contributed by atoms with Crippen LogP contribution in [-0.2, 0) is 4.79 Å². The second kappa shape index (κ2) is 7.82. The Hall–Kier alpha value is -2.28. The zero-order valence-corrected chi connectivity index (χ0v) is 13.3. The monoisotopic (exact) mass is 339 g/mol. The molecular weight excluding hydrogens is 322 g/mol. The number of aliphatic carboxylic acids is 1. The second-order valence-electron chi connectivity index (χ2n) is 5.17. The molecule has 8 heteroatoms. The Morgan fingerprint density at radius 3 is 2.39 bits per heavy atom. The standard InChI is InChI=1S/C15H18ClN3O4/c16-12-3-1-2-11(10-12)14(22)18-6-8-19(9-7-18)15(23)17-5-4-13(20)21/h1-3,10H,4-9H2,(H,17,23)(H,20,21). The zero-order valence-electron chi connectivity index (χ0n) is 12.5. The van der Waals surface area contributed by atoms with Gasteiger partial charge in [-0.2, -0.15) is 0 Å². The topological polar surface area (TPSA) is 89.9 Å². The van der Waals surface area contributed by atoms with Crippen molar-refractivity contribution in [3.05, 3.63) is 34.9 Å². The van der Waals surface area contributed by atoms with Crippen LogP contribution in [0.25, 0.3) is 0 Å². The Kier molecular flexibility index (Phi) is 5.81. The molecule has 124 valence electrons. The summed E-state index contributed by atoms with van der Waals surface area (Å²) in [4.78, 5) is 37.9. The number of hydrogen-bond acceptors (Lipinski definition) is 3. The number of rotatable bonds is 4. The molecule has 0 aromatic heterocycles. The van der Waals surface area contributed by atoms with Crippen molar-refractivity contribution in [1.82, 2.24) is 15.1 Å². The van der Waals surface area contributed by atoms with Gasteiger partial charge in [-0.05, 0) is 18.2 Å². The lowest BCUT2D eigenvalue weighted by atomic mass is 10.2. The van der Waals surface area contributed by atoms with Gasteiger partial charge in [0.1, 0.15) is 0 Å². The molecular formula is C15H18ClN3O4. The average molecular weight is 340 g/mol. The fourth-order valence-corrected chi connectivity index (χ4v) is 2.50. The van der Waals surface area contributed by atoms with Gasteiger partial charge in [-0.1, -0.05) is 17.7 Å². The summed E-state index contributed by atoms with van der Waals surface area (Å²) < 4.78 is 0. The summed E-state index contributed by atoms with van der Waals surface area (Å²) in [7, 11) is 0. The highest BCUT2D eigenvalue weighted by Crippen LogP contribution is 2.14. The SMILES string of the molecule is O=C(O)CCNC(=O)N1CCN(C(=O)c2cccc(Cl)c2)CC1. The summed E-state index contributed by atoms with van der Waals surface area (Å²) in [6.45, 7) is 1.77. The molecule has 0 spiro atoms. The number of carboxylic acid groups (broad SMARTS) is 1. The number of benzene rings is 1. The van der Waals surface area contributed by atoms with E-state index in [-0.39, 0.29) is 24.9 Å². The maximum absolute atomic E-state index is 12.4. The molecule has 7 nitrogen and oxygen atoms in total. The number of piperazine rings is 1. The van der Waals surface area contributed by atoms with Crippen LogP contribution in [0.5, 0.6) is 0 Å². The van der Waals surface area contributed by atoms with Gasteiger partial charge in [0.25, 0.3) is 5.91 Å². The van der Waals surface area contributed by atoms with Crippen molar-refractivity contribution in [3.8, 4) is 0 Å². The van der Waals surface area contributed by atoms with E-state index in [4.69, 9.17) is 16.7 Å². The third-order valence-electron chi connectivity index (χ3n) is 3.54. The number of carbonyl (C=O) groups is 3. The van der Waals surface area contributed by atoms with Gasteiger partial charge in [0.2, 0.25) is 0 Å². The number of amides is 3. The molecule has 1 fully saturated rings. The number of nitrogens with zero attached hydrogens (tertiary/aromatic N) is 2. The fraction of sp³-hybridized carbons (Fsp3) is 0.400. The van der Waals surface area contributed by atoms with Crippen LogP contribution >= 0.6 is 11.6 Å². The first-order chi connectivity index (χ1) is 11.0. The van der Waals surface area contributed by atoms with E-state index >= 15 is 0 Å². The van der Waals surface area contributed by atoms with Crippen LogP contribution in [-0.4, -0.2) is 65.5 Å². The number of hydrogen-bond donors (Lipinski definition) is 2. The molecule has 1 aromatic rings. The van der Waals surface area contributed by atoms with E-state index in [0.717, 1.165) is 0 Å². The van der Waals surface area contributed by atoms with Crippen molar-refractivity contribution < 1.29 is 19.5 Å². The molecule has 1 aliphatic rings. The molecule has 2 rings (SSSR count). The molecule has 1 saturated heterocycles. The fourth-order valence-electron chi connectivity index (χ4n) is 2.30. The molecule has 2 N–H and O–H groups in total. The normalized spacial score (nSPS) is 14.5. The summed E-state index contributed by atoms with van der Waals surface area (Å²) in [5, 5.41) is 11.6. The minimum absolute atomic E-state index is 0.0931. The van der Waals surface area contributed by atoms with E-state index < -0.39 is 5.97 Å². The van der Waals surface area contributed by atoms with Crippen molar-refractivity contribution in [2.24, 2.45) is 0 Å². The molecule has 1 heterocycles. The first-order valence-corrected chi connectivity index (χ1v) is 7.64. The van der Waals surface area contributed by atoms with Crippen molar-refractivity contribution in [1.29, 1.82) is 0 Å². The Bertz CT molecular complexity index is 600. The molecule has 1 aliphatic heterocycles. The van der Waals surface area contributed by atoms with Crippen LogP contribution in [0.2, 0.25) is 5.02 Å². The lowest BCUT2D eigenvalue weighted by Gasteiger charge is -2.34. The predicted molar refractivity (Wildman–Crippen MR) is 84.6 cm³/mol. The van der Waals surface area contributed by atoms with E-state index in [1.807, 2.05) is 0 Å². The predicted octanol–water partition coefficient (Wildman–Crippen LogP) is 1.28. The third kappa shape index (κ3) is 4.85. The highest BCUT2D eigenvalue weighted by molar-refractivity contribution is 6.30. The quantitative estimate of drug-likeness (QED) is 0.864. The molecule has 0 unspecified atom stereocenters. The van der Waals surface area contributed by atoms with Crippen LogP contribution in [0, 0.1) is 0 Å². The average Bonchev–Trinajstić information content (AvgIpc) is 2.54. The molecule has 0 aliphatic carbocycles. The Morgan fingerprint density at radius 2 is 1.78 bits per heavy atom. The summed E-state index contributed by atoms with van der Waals surface area (Å²) in [5.74, 6) is -1.07. The highest BCUT2D eigenvalue weighted by Gasteiger charge is 2.24. The van der Waals surface area contributed by atoms with Gasteiger partial charge < -0.3 is 20.2 Å². The number of carbonyl (C=O) groups excluding carboxylic acids is 2. The van der Waals surface area contributed by atoms with Gasteiger partial charge in [-0.3, -0.25) is 9.59 Å². The summed E-state index contributed by atoms with van der Waals surface area (Å²) in [5.41, 5.74) is 0.525. The largest absolute Gasteiger partial charge is 0.481 e. The summed E-state index contributed by atoms with van der Waals surface area (Å²) in [6, 6.07) is 6.45. The number of halogens is 1. The lowest BCUT2D eigenvalue weighted by Crippen LogP contribution is -2.53. The van der Waals surface area contributed by atoms with Crippen LogP contribution in [0.4, 0.5) is 4.79 Å². The zero-order chi connectivity index (χ0) is 16.8. The number of urea groups is 1. The van der Waals surface area contributed by atoms with Crippen molar-refractivity contribution in [2.45, 2.75) is 6.42 Å². The molecule has 3 amide bonds. The van der Waals surface area contributed by atoms with E-state index in [9.17, 15) is 14.4 Å². The van der Waals surface area contributed by atoms with Gasteiger partial charge >= 0.3 is 12.0 Å². The van der Waals surface area contributed by atoms with Crippen LogP contribution in [0.15, 0.2) is 24.3 Å². The lowest BCUT2D eigenvalue weighted by molar-refractivity contribution is -0.136. The van der Waals surface area contributed by atoms with Crippen LogP contribution < -0.4 is 5.32 Å². The first-order valence-electron chi connectivity index (χ1n) is 7.27. The van der Waals surface area contributed by atoms with E-state index in [2.05, 4.69) is 5.32 Å². The van der Waals surface area contributed by atoms with E-state index in [1.54, 1.807) is 34.1 Å².